The Morgan fingerprint density at radius 2 is 1.95 bits per heavy atom. The summed E-state index contributed by atoms with van der Waals surface area (Å²) in [5, 5.41) is 14.5. The fourth-order valence-electron chi connectivity index (χ4n) is 3.19. The first-order valence-corrected chi connectivity index (χ1v) is 7.91. The number of nitrogens with one attached hydrogen (secondary N) is 1. The SMILES string of the molecule is CC1CCC(CO)(NCc2ccc3ccccc3n2)CC1. The van der Waals surface area contributed by atoms with E-state index in [1.165, 1.54) is 18.2 Å². The molecule has 1 aliphatic carbocycles. The summed E-state index contributed by atoms with van der Waals surface area (Å²) in [5.74, 6) is 0.783. The van der Waals surface area contributed by atoms with Crippen molar-refractivity contribution in [3.8, 4) is 0 Å². The Labute approximate surface area is 126 Å². The summed E-state index contributed by atoms with van der Waals surface area (Å²) in [6.07, 6.45) is 4.49. The molecule has 0 bridgehead atoms. The first-order chi connectivity index (χ1) is 10.2. The van der Waals surface area contributed by atoms with Gasteiger partial charge < -0.3 is 10.4 Å². The molecule has 1 fully saturated rings. The van der Waals surface area contributed by atoms with Gasteiger partial charge in [0.1, 0.15) is 0 Å². The minimum absolute atomic E-state index is 0.111. The number of nitrogens with zero attached hydrogens (tertiary/aromatic N) is 1. The number of hydrogen-bond acceptors (Lipinski definition) is 3. The highest BCUT2D eigenvalue weighted by Crippen LogP contribution is 2.31. The number of aliphatic hydroxyl groups is 1. The van der Waals surface area contributed by atoms with Crippen molar-refractivity contribution in [3.63, 3.8) is 0 Å². The van der Waals surface area contributed by atoms with Gasteiger partial charge in [-0.1, -0.05) is 31.2 Å². The van der Waals surface area contributed by atoms with Crippen molar-refractivity contribution in [2.45, 2.75) is 44.7 Å². The molecular formula is C18H24N2O. The zero-order valence-corrected chi connectivity index (χ0v) is 12.7. The van der Waals surface area contributed by atoms with Crippen LogP contribution in [0.25, 0.3) is 10.9 Å². The molecule has 3 rings (SSSR count). The van der Waals surface area contributed by atoms with Crippen molar-refractivity contribution in [2.75, 3.05) is 6.61 Å². The van der Waals surface area contributed by atoms with Gasteiger partial charge in [-0.2, -0.15) is 0 Å². The number of pyridine rings is 1. The van der Waals surface area contributed by atoms with Gasteiger partial charge in [-0.05, 0) is 43.7 Å². The maximum Gasteiger partial charge on any atom is 0.0705 e. The van der Waals surface area contributed by atoms with Crippen LogP contribution in [-0.4, -0.2) is 22.2 Å². The fourth-order valence-corrected chi connectivity index (χ4v) is 3.19. The lowest BCUT2D eigenvalue weighted by Gasteiger charge is -2.39. The summed E-state index contributed by atoms with van der Waals surface area (Å²) in [5.41, 5.74) is 1.96. The maximum atomic E-state index is 9.79. The Balaban J connectivity index is 1.70. The van der Waals surface area contributed by atoms with E-state index < -0.39 is 0 Å². The van der Waals surface area contributed by atoms with Gasteiger partial charge in [0, 0.05) is 17.5 Å². The first kappa shape index (κ1) is 14.5. The molecular weight excluding hydrogens is 260 g/mol. The van der Waals surface area contributed by atoms with E-state index in [0.717, 1.165) is 36.5 Å². The van der Waals surface area contributed by atoms with Crippen LogP contribution in [0.15, 0.2) is 36.4 Å². The lowest BCUT2D eigenvalue weighted by atomic mass is 9.77. The molecule has 21 heavy (non-hydrogen) atoms. The molecule has 1 saturated carbocycles. The van der Waals surface area contributed by atoms with E-state index in [1.54, 1.807) is 0 Å². The van der Waals surface area contributed by atoms with Gasteiger partial charge in [-0.15, -0.1) is 0 Å². The van der Waals surface area contributed by atoms with Crippen molar-refractivity contribution in [2.24, 2.45) is 5.92 Å². The molecule has 0 aliphatic heterocycles. The van der Waals surface area contributed by atoms with E-state index in [-0.39, 0.29) is 12.1 Å². The van der Waals surface area contributed by atoms with Gasteiger partial charge in [0.2, 0.25) is 0 Å². The molecule has 1 heterocycles. The molecule has 0 amide bonds. The Bertz CT molecular complexity index is 603. The minimum atomic E-state index is -0.111. The molecule has 112 valence electrons. The highest BCUT2D eigenvalue weighted by molar-refractivity contribution is 5.78. The number of aromatic nitrogens is 1. The third-order valence-electron chi connectivity index (χ3n) is 4.83. The molecule has 0 unspecified atom stereocenters. The number of benzene rings is 1. The zero-order valence-electron chi connectivity index (χ0n) is 12.7. The molecule has 1 aliphatic rings. The quantitative estimate of drug-likeness (QED) is 0.905. The van der Waals surface area contributed by atoms with Gasteiger partial charge in [-0.25, -0.2) is 0 Å². The van der Waals surface area contributed by atoms with Crippen LogP contribution in [0, 0.1) is 5.92 Å². The smallest absolute Gasteiger partial charge is 0.0705 e. The van der Waals surface area contributed by atoms with Crippen LogP contribution in [0.1, 0.15) is 38.3 Å². The molecule has 2 N–H and O–H groups in total. The number of hydrogen-bond donors (Lipinski definition) is 2. The third kappa shape index (κ3) is 3.25. The lowest BCUT2D eigenvalue weighted by Crippen LogP contribution is -2.50. The van der Waals surface area contributed by atoms with E-state index in [9.17, 15) is 5.11 Å². The van der Waals surface area contributed by atoms with Crippen LogP contribution in [-0.2, 0) is 6.54 Å². The predicted molar refractivity (Wildman–Crippen MR) is 86.0 cm³/mol. The van der Waals surface area contributed by atoms with Crippen molar-refractivity contribution in [1.29, 1.82) is 0 Å². The van der Waals surface area contributed by atoms with Gasteiger partial charge in [0.15, 0.2) is 0 Å². The molecule has 1 aromatic heterocycles. The summed E-state index contributed by atoms with van der Waals surface area (Å²) >= 11 is 0. The first-order valence-electron chi connectivity index (χ1n) is 7.91. The van der Waals surface area contributed by atoms with Gasteiger partial charge in [0.25, 0.3) is 0 Å². The molecule has 0 radical (unpaired) electrons. The van der Waals surface area contributed by atoms with E-state index in [0.29, 0.717) is 0 Å². The summed E-state index contributed by atoms with van der Waals surface area (Å²) in [4.78, 5) is 4.70. The second-order valence-corrected chi connectivity index (χ2v) is 6.47. The van der Waals surface area contributed by atoms with Crippen LogP contribution >= 0.6 is 0 Å². The molecule has 3 heteroatoms. The van der Waals surface area contributed by atoms with Crippen molar-refractivity contribution < 1.29 is 5.11 Å². The second-order valence-electron chi connectivity index (χ2n) is 6.47. The summed E-state index contributed by atoms with van der Waals surface area (Å²) < 4.78 is 0. The topological polar surface area (TPSA) is 45.1 Å². The van der Waals surface area contributed by atoms with Crippen molar-refractivity contribution in [3.05, 3.63) is 42.1 Å². The van der Waals surface area contributed by atoms with Crippen LogP contribution in [0.4, 0.5) is 0 Å². The Morgan fingerprint density at radius 1 is 1.19 bits per heavy atom. The molecule has 1 aromatic carbocycles. The van der Waals surface area contributed by atoms with Gasteiger partial charge >= 0.3 is 0 Å². The van der Waals surface area contributed by atoms with Crippen LogP contribution in [0.5, 0.6) is 0 Å². The standard InChI is InChI=1S/C18H24N2O/c1-14-8-10-18(13-21,11-9-14)19-12-16-7-6-15-4-2-3-5-17(15)20-16/h2-7,14,19,21H,8-13H2,1H3. The number of rotatable bonds is 4. The normalized spacial score (nSPS) is 26.1. The van der Waals surface area contributed by atoms with Crippen LogP contribution in [0.3, 0.4) is 0 Å². The highest BCUT2D eigenvalue weighted by atomic mass is 16.3. The Kier molecular flexibility index (Phi) is 4.22. The van der Waals surface area contributed by atoms with Crippen LogP contribution in [0.2, 0.25) is 0 Å². The molecule has 0 saturated heterocycles. The largest absolute Gasteiger partial charge is 0.394 e. The zero-order chi connectivity index (χ0) is 14.7. The number of aliphatic hydroxyl groups excluding tert-OH is 1. The Hall–Kier alpha value is -1.45. The van der Waals surface area contributed by atoms with E-state index in [4.69, 9.17) is 4.98 Å². The maximum absolute atomic E-state index is 9.79. The molecule has 0 atom stereocenters. The average molecular weight is 284 g/mol. The fraction of sp³-hybridized carbons (Fsp3) is 0.500. The number of para-hydroxylation sites is 1. The van der Waals surface area contributed by atoms with E-state index in [1.807, 2.05) is 18.2 Å². The minimum Gasteiger partial charge on any atom is -0.394 e. The van der Waals surface area contributed by atoms with Crippen molar-refractivity contribution in [1.82, 2.24) is 10.3 Å². The predicted octanol–water partition coefficient (Wildman–Crippen LogP) is 3.27. The monoisotopic (exact) mass is 284 g/mol. The highest BCUT2D eigenvalue weighted by Gasteiger charge is 2.32. The molecule has 3 nitrogen and oxygen atoms in total. The second kappa shape index (κ2) is 6.12. The summed E-state index contributed by atoms with van der Waals surface area (Å²) in [7, 11) is 0. The third-order valence-corrected chi connectivity index (χ3v) is 4.83. The van der Waals surface area contributed by atoms with Gasteiger partial charge in [-0.3, -0.25) is 4.98 Å². The number of fused-ring (bicyclic) bond motifs is 1. The van der Waals surface area contributed by atoms with Gasteiger partial charge in [0.05, 0.1) is 17.8 Å². The van der Waals surface area contributed by atoms with Crippen molar-refractivity contribution >= 4 is 10.9 Å². The van der Waals surface area contributed by atoms with E-state index >= 15 is 0 Å². The van der Waals surface area contributed by atoms with E-state index in [2.05, 4.69) is 30.4 Å². The van der Waals surface area contributed by atoms with Crippen LogP contribution < -0.4 is 5.32 Å². The lowest BCUT2D eigenvalue weighted by molar-refractivity contribution is 0.104. The molecule has 2 aromatic rings. The average Bonchev–Trinajstić information content (AvgIpc) is 2.55. The summed E-state index contributed by atoms with van der Waals surface area (Å²) in [6.45, 7) is 3.24. The summed E-state index contributed by atoms with van der Waals surface area (Å²) in [6, 6.07) is 12.4. The Morgan fingerprint density at radius 3 is 2.71 bits per heavy atom. The molecule has 0 spiro atoms.